The lowest BCUT2D eigenvalue weighted by atomic mass is 10.2. The molecule has 3 rings (SSSR count). The Kier molecular flexibility index (Phi) is 5.77. The van der Waals surface area contributed by atoms with E-state index >= 15 is 0 Å². The van der Waals surface area contributed by atoms with Crippen molar-refractivity contribution in [3.05, 3.63) is 64.7 Å². The predicted molar refractivity (Wildman–Crippen MR) is 101 cm³/mol. The van der Waals surface area contributed by atoms with Crippen molar-refractivity contribution in [3.63, 3.8) is 0 Å². The molecule has 0 amide bonds. The van der Waals surface area contributed by atoms with Crippen LogP contribution in [0.5, 0.6) is 0 Å². The van der Waals surface area contributed by atoms with E-state index in [1.807, 2.05) is 24.3 Å². The Hall–Kier alpha value is -1.73. The molecule has 26 heavy (non-hydrogen) atoms. The molecular formula is C19H22ClN2O3S+. The van der Waals surface area contributed by atoms with Gasteiger partial charge < -0.3 is 4.90 Å². The van der Waals surface area contributed by atoms with E-state index in [2.05, 4.69) is 0 Å². The van der Waals surface area contributed by atoms with Crippen molar-refractivity contribution in [1.82, 2.24) is 4.31 Å². The zero-order valence-electron chi connectivity index (χ0n) is 14.6. The summed E-state index contributed by atoms with van der Waals surface area (Å²) in [6, 6.07) is 14.0. The van der Waals surface area contributed by atoms with Crippen molar-refractivity contribution in [2.75, 3.05) is 26.2 Å². The molecule has 0 atom stereocenters. The van der Waals surface area contributed by atoms with Crippen LogP contribution >= 0.6 is 11.6 Å². The van der Waals surface area contributed by atoms with Crippen molar-refractivity contribution in [1.29, 1.82) is 0 Å². The number of quaternary nitrogens is 1. The fourth-order valence-electron chi connectivity index (χ4n) is 3.14. The molecule has 0 saturated carbocycles. The highest BCUT2D eigenvalue weighted by atomic mass is 35.5. The maximum absolute atomic E-state index is 12.9. The van der Waals surface area contributed by atoms with Crippen LogP contribution in [-0.4, -0.2) is 44.7 Å². The number of benzene rings is 2. The van der Waals surface area contributed by atoms with Crippen LogP contribution < -0.4 is 4.90 Å². The highest BCUT2D eigenvalue weighted by molar-refractivity contribution is 7.89. The van der Waals surface area contributed by atoms with Gasteiger partial charge in [-0.05, 0) is 31.2 Å². The zero-order valence-corrected chi connectivity index (χ0v) is 16.2. The number of ketones is 1. The van der Waals surface area contributed by atoms with Gasteiger partial charge in [0.1, 0.15) is 6.54 Å². The van der Waals surface area contributed by atoms with E-state index in [9.17, 15) is 13.2 Å². The minimum atomic E-state index is -3.57. The van der Waals surface area contributed by atoms with Gasteiger partial charge in [-0.2, -0.15) is 4.31 Å². The molecule has 0 radical (unpaired) electrons. The molecule has 1 aliphatic rings. The van der Waals surface area contributed by atoms with Crippen molar-refractivity contribution < 1.29 is 18.1 Å². The SMILES string of the molecule is CC(=O)c1cccc(S(=O)(=O)N2CC[NH+](Cc3ccc(Cl)cc3)CC2)c1. The summed E-state index contributed by atoms with van der Waals surface area (Å²) in [5.41, 5.74) is 1.60. The molecule has 0 unspecified atom stereocenters. The molecule has 0 aliphatic carbocycles. The lowest BCUT2D eigenvalue weighted by Gasteiger charge is -2.31. The molecule has 1 N–H and O–H groups in total. The third-order valence-electron chi connectivity index (χ3n) is 4.68. The topological polar surface area (TPSA) is 58.9 Å². The van der Waals surface area contributed by atoms with E-state index in [0.717, 1.165) is 19.6 Å². The first-order chi connectivity index (χ1) is 12.4. The van der Waals surface area contributed by atoms with Crippen LogP contribution in [0.1, 0.15) is 22.8 Å². The molecule has 1 aliphatic heterocycles. The van der Waals surface area contributed by atoms with Gasteiger partial charge in [0, 0.05) is 16.1 Å². The number of rotatable bonds is 5. The fraction of sp³-hybridized carbons (Fsp3) is 0.316. The smallest absolute Gasteiger partial charge is 0.243 e. The molecular weight excluding hydrogens is 372 g/mol. The lowest BCUT2D eigenvalue weighted by molar-refractivity contribution is -0.917. The quantitative estimate of drug-likeness (QED) is 0.785. The number of carbonyl (C=O) groups excluding carboxylic acids is 1. The number of piperazine rings is 1. The third-order valence-corrected chi connectivity index (χ3v) is 6.82. The second kappa shape index (κ2) is 7.88. The van der Waals surface area contributed by atoms with Crippen LogP contribution in [0.4, 0.5) is 0 Å². The predicted octanol–water partition coefficient (Wildman–Crippen LogP) is 1.63. The fourth-order valence-corrected chi connectivity index (χ4v) is 4.75. The first kappa shape index (κ1) is 19.0. The Balaban J connectivity index is 1.66. The van der Waals surface area contributed by atoms with Crippen LogP contribution in [-0.2, 0) is 16.6 Å². The van der Waals surface area contributed by atoms with E-state index in [1.165, 1.54) is 27.8 Å². The van der Waals surface area contributed by atoms with E-state index in [-0.39, 0.29) is 10.7 Å². The van der Waals surface area contributed by atoms with E-state index in [1.54, 1.807) is 18.2 Å². The van der Waals surface area contributed by atoms with Gasteiger partial charge in [-0.15, -0.1) is 0 Å². The number of nitrogens with zero attached hydrogens (tertiary/aromatic N) is 1. The van der Waals surface area contributed by atoms with Crippen molar-refractivity contribution in [3.8, 4) is 0 Å². The highest BCUT2D eigenvalue weighted by Gasteiger charge is 2.30. The molecule has 0 bridgehead atoms. The second-order valence-corrected chi connectivity index (χ2v) is 8.92. The molecule has 2 aromatic carbocycles. The Morgan fingerprint density at radius 2 is 1.77 bits per heavy atom. The highest BCUT2D eigenvalue weighted by Crippen LogP contribution is 2.17. The molecule has 0 aromatic heterocycles. The molecule has 1 heterocycles. The zero-order chi connectivity index (χ0) is 18.7. The maximum Gasteiger partial charge on any atom is 0.243 e. The van der Waals surface area contributed by atoms with Gasteiger partial charge in [0.25, 0.3) is 0 Å². The minimum Gasteiger partial charge on any atom is -0.329 e. The van der Waals surface area contributed by atoms with Crippen molar-refractivity contribution >= 4 is 27.4 Å². The van der Waals surface area contributed by atoms with Gasteiger partial charge in [0.05, 0.1) is 31.1 Å². The molecule has 138 valence electrons. The number of Topliss-reactive ketones (excluding diaryl/α,β-unsaturated/α-hetero) is 1. The summed E-state index contributed by atoms with van der Waals surface area (Å²) in [7, 11) is -3.57. The summed E-state index contributed by atoms with van der Waals surface area (Å²) in [4.78, 5) is 13.0. The van der Waals surface area contributed by atoms with Gasteiger partial charge in [-0.25, -0.2) is 8.42 Å². The summed E-state index contributed by atoms with van der Waals surface area (Å²) in [5.74, 6) is -0.140. The number of hydrogen-bond acceptors (Lipinski definition) is 3. The summed E-state index contributed by atoms with van der Waals surface area (Å²) < 4.78 is 27.2. The second-order valence-electron chi connectivity index (χ2n) is 6.54. The molecule has 1 saturated heterocycles. The summed E-state index contributed by atoms with van der Waals surface area (Å²) in [5, 5.41) is 0.715. The first-order valence-corrected chi connectivity index (χ1v) is 10.4. The molecule has 1 fully saturated rings. The van der Waals surface area contributed by atoms with Gasteiger partial charge in [0.2, 0.25) is 10.0 Å². The minimum absolute atomic E-state index is 0.140. The summed E-state index contributed by atoms with van der Waals surface area (Å²) in [6.45, 7) is 4.71. The van der Waals surface area contributed by atoms with Crippen LogP contribution in [0.15, 0.2) is 53.4 Å². The lowest BCUT2D eigenvalue weighted by Crippen LogP contribution is -3.13. The third kappa shape index (κ3) is 4.32. The molecule has 2 aromatic rings. The van der Waals surface area contributed by atoms with E-state index < -0.39 is 10.0 Å². The van der Waals surface area contributed by atoms with Gasteiger partial charge >= 0.3 is 0 Å². The monoisotopic (exact) mass is 393 g/mol. The van der Waals surface area contributed by atoms with Crippen molar-refractivity contribution in [2.45, 2.75) is 18.4 Å². The summed E-state index contributed by atoms with van der Waals surface area (Å²) >= 11 is 5.91. The molecule has 0 spiro atoms. The average molecular weight is 394 g/mol. The van der Waals surface area contributed by atoms with Gasteiger partial charge in [-0.3, -0.25) is 4.79 Å². The summed E-state index contributed by atoms with van der Waals surface area (Å²) in [6.07, 6.45) is 0. The maximum atomic E-state index is 12.9. The number of sulfonamides is 1. The first-order valence-electron chi connectivity index (χ1n) is 8.55. The Bertz CT molecular complexity index is 889. The standard InChI is InChI=1S/C19H21ClN2O3S/c1-15(23)17-3-2-4-19(13-17)26(24,25)22-11-9-21(10-12-22)14-16-5-7-18(20)8-6-16/h2-8,13H,9-12,14H2,1H3/p+1. The van der Waals surface area contributed by atoms with E-state index in [0.29, 0.717) is 23.7 Å². The van der Waals surface area contributed by atoms with Gasteiger partial charge in [-0.1, -0.05) is 35.9 Å². The van der Waals surface area contributed by atoms with Crippen LogP contribution in [0.3, 0.4) is 0 Å². The number of carbonyl (C=O) groups is 1. The van der Waals surface area contributed by atoms with Crippen LogP contribution in [0.25, 0.3) is 0 Å². The van der Waals surface area contributed by atoms with Crippen LogP contribution in [0, 0.1) is 0 Å². The van der Waals surface area contributed by atoms with Crippen molar-refractivity contribution in [2.24, 2.45) is 0 Å². The average Bonchev–Trinajstić information content (AvgIpc) is 2.64. The Morgan fingerprint density at radius 1 is 1.12 bits per heavy atom. The molecule has 7 heteroatoms. The largest absolute Gasteiger partial charge is 0.329 e. The van der Waals surface area contributed by atoms with Crippen LogP contribution in [0.2, 0.25) is 5.02 Å². The number of halogens is 1. The normalized spacial score (nSPS) is 16.5. The number of nitrogens with one attached hydrogen (secondary N) is 1. The Morgan fingerprint density at radius 3 is 2.38 bits per heavy atom. The number of hydrogen-bond donors (Lipinski definition) is 1. The Labute approximate surface area is 159 Å². The molecule has 5 nitrogen and oxygen atoms in total. The van der Waals surface area contributed by atoms with Gasteiger partial charge in [0.15, 0.2) is 5.78 Å². The van der Waals surface area contributed by atoms with E-state index in [4.69, 9.17) is 11.6 Å².